The number of carbonyl (C=O) groups is 4. The highest BCUT2D eigenvalue weighted by Gasteiger charge is 2.28. The van der Waals surface area contributed by atoms with Gasteiger partial charge in [0.1, 0.15) is 0 Å². The molecule has 1 unspecified atom stereocenters. The summed E-state index contributed by atoms with van der Waals surface area (Å²) >= 11 is 0. The Labute approximate surface area is 180 Å². The van der Waals surface area contributed by atoms with Gasteiger partial charge in [-0.15, -0.1) is 0 Å². The maximum Gasteiger partial charge on any atom is 0.338 e. The van der Waals surface area contributed by atoms with Crippen LogP contribution in [0, 0.1) is 15.9 Å². The van der Waals surface area contributed by atoms with Crippen LogP contribution in [0.25, 0.3) is 0 Å². The Morgan fingerprint density at radius 1 is 1.28 bits per heavy atom. The Bertz CT molecular complexity index is 1100. The van der Waals surface area contributed by atoms with E-state index in [9.17, 15) is 33.7 Å². The third kappa shape index (κ3) is 5.03. The van der Waals surface area contributed by atoms with Crippen molar-refractivity contribution in [2.75, 3.05) is 11.9 Å². The van der Waals surface area contributed by atoms with Gasteiger partial charge in [0.25, 0.3) is 5.91 Å². The zero-order chi connectivity index (χ0) is 23.4. The highest BCUT2D eigenvalue weighted by atomic mass is 19.1. The van der Waals surface area contributed by atoms with Gasteiger partial charge in [0.15, 0.2) is 6.10 Å². The Morgan fingerprint density at radius 3 is 2.69 bits per heavy atom. The summed E-state index contributed by atoms with van der Waals surface area (Å²) in [6.07, 6.45) is -1.28. The molecule has 2 aromatic rings. The monoisotopic (exact) mass is 444 g/mol. The number of hydrogen-bond acceptors (Lipinski definition) is 7. The number of anilines is 1. The molecule has 1 fully saturated rings. The van der Waals surface area contributed by atoms with Crippen molar-refractivity contribution in [1.29, 1.82) is 0 Å². The van der Waals surface area contributed by atoms with Gasteiger partial charge in [-0.3, -0.25) is 24.6 Å². The molecule has 12 heteroatoms. The smallest absolute Gasteiger partial charge is 0.338 e. The van der Waals surface area contributed by atoms with Crippen LogP contribution in [0.4, 0.5) is 20.6 Å². The fourth-order valence-electron chi connectivity index (χ4n) is 2.85. The molecule has 3 rings (SSSR count). The molecule has 32 heavy (non-hydrogen) atoms. The van der Waals surface area contributed by atoms with Crippen LogP contribution in [0.2, 0.25) is 0 Å². The molecular formula is C20H17FN4O7. The average molecular weight is 444 g/mol. The lowest BCUT2D eigenvalue weighted by atomic mass is 10.1. The first-order valence-corrected chi connectivity index (χ1v) is 9.28. The number of nitro groups is 1. The van der Waals surface area contributed by atoms with Gasteiger partial charge in [-0.25, -0.2) is 9.59 Å². The quantitative estimate of drug-likeness (QED) is 0.287. The number of urea groups is 1. The van der Waals surface area contributed by atoms with E-state index >= 15 is 0 Å². The number of esters is 1. The van der Waals surface area contributed by atoms with Crippen LogP contribution >= 0.6 is 0 Å². The number of benzene rings is 2. The van der Waals surface area contributed by atoms with E-state index in [-0.39, 0.29) is 24.3 Å². The number of nitro benzene ring substituents is 1. The molecule has 0 aliphatic carbocycles. The topological polar surface area (TPSA) is 148 Å². The molecule has 0 saturated carbocycles. The summed E-state index contributed by atoms with van der Waals surface area (Å²) in [6.45, 7) is 1.16. The van der Waals surface area contributed by atoms with Gasteiger partial charge in [0.2, 0.25) is 11.7 Å². The number of nitrogens with zero attached hydrogens (tertiary/aromatic N) is 2. The van der Waals surface area contributed by atoms with Gasteiger partial charge in [0.05, 0.1) is 23.6 Å². The van der Waals surface area contributed by atoms with E-state index in [2.05, 4.69) is 10.6 Å². The first-order valence-electron chi connectivity index (χ1n) is 9.28. The SMILES string of the molecule is CC(OC(=O)c1cccc(CN2C(=O)CNC2=O)c1)C(=O)Nc1ccc(F)c([N+](=O)[O-])c1. The Kier molecular flexibility index (Phi) is 6.42. The predicted molar refractivity (Wildman–Crippen MR) is 107 cm³/mol. The van der Waals surface area contributed by atoms with Gasteiger partial charge in [-0.2, -0.15) is 4.39 Å². The third-order valence-electron chi connectivity index (χ3n) is 4.50. The van der Waals surface area contributed by atoms with E-state index in [0.717, 1.165) is 23.1 Å². The number of carbonyl (C=O) groups excluding carboxylic acids is 4. The van der Waals surface area contributed by atoms with Crippen molar-refractivity contribution >= 4 is 35.2 Å². The van der Waals surface area contributed by atoms with Crippen LogP contribution in [0.5, 0.6) is 0 Å². The molecular weight excluding hydrogens is 427 g/mol. The first kappa shape index (κ1) is 22.3. The lowest BCUT2D eigenvalue weighted by Gasteiger charge is -2.15. The molecule has 1 heterocycles. The molecule has 1 aliphatic rings. The highest BCUT2D eigenvalue weighted by molar-refractivity contribution is 6.02. The van der Waals surface area contributed by atoms with Crippen molar-refractivity contribution in [2.45, 2.75) is 19.6 Å². The zero-order valence-electron chi connectivity index (χ0n) is 16.7. The molecule has 11 nitrogen and oxygen atoms in total. The number of rotatable bonds is 7. The number of imide groups is 1. The summed E-state index contributed by atoms with van der Waals surface area (Å²) < 4.78 is 18.5. The minimum Gasteiger partial charge on any atom is -0.449 e. The molecule has 0 aromatic heterocycles. The number of hydrogen-bond donors (Lipinski definition) is 2. The second kappa shape index (κ2) is 9.20. The zero-order valence-corrected chi connectivity index (χ0v) is 16.7. The van der Waals surface area contributed by atoms with Crippen LogP contribution in [-0.4, -0.2) is 46.3 Å². The van der Waals surface area contributed by atoms with E-state index in [1.54, 1.807) is 6.07 Å². The van der Waals surface area contributed by atoms with E-state index in [4.69, 9.17) is 4.74 Å². The molecule has 4 amide bonds. The average Bonchev–Trinajstić information content (AvgIpc) is 3.07. The van der Waals surface area contributed by atoms with Gasteiger partial charge in [0, 0.05) is 11.8 Å². The number of nitrogens with one attached hydrogen (secondary N) is 2. The molecule has 1 aliphatic heterocycles. The Hall–Kier alpha value is -4.35. The normalized spacial score (nSPS) is 14.0. The van der Waals surface area contributed by atoms with Crippen molar-refractivity contribution < 1.29 is 33.2 Å². The highest BCUT2D eigenvalue weighted by Crippen LogP contribution is 2.22. The fraction of sp³-hybridized carbons (Fsp3) is 0.200. The summed E-state index contributed by atoms with van der Waals surface area (Å²) in [5.41, 5.74) is -0.261. The van der Waals surface area contributed by atoms with Crippen molar-refractivity contribution in [3.8, 4) is 0 Å². The van der Waals surface area contributed by atoms with Gasteiger partial charge >= 0.3 is 17.7 Å². The van der Waals surface area contributed by atoms with Crippen LogP contribution in [0.1, 0.15) is 22.8 Å². The van der Waals surface area contributed by atoms with Crippen molar-refractivity contribution in [2.24, 2.45) is 0 Å². The van der Waals surface area contributed by atoms with Gasteiger partial charge in [-0.1, -0.05) is 12.1 Å². The van der Waals surface area contributed by atoms with E-state index in [1.807, 2.05) is 0 Å². The molecule has 2 N–H and O–H groups in total. The largest absolute Gasteiger partial charge is 0.449 e. The molecule has 1 saturated heterocycles. The summed E-state index contributed by atoms with van der Waals surface area (Å²) in [4.78, 5) is 58.9. The van der Waals surface area contributed by atoms with Crippen LogP contribution in [0.15, 0.2) is 42.5 Å². The molecule has 2 aromatic carbocycles. The van der Waals surface area contributed by atoms with E-state index in [0.29, 0.717) is 5.56 Å². The number of ether oxygens (including phenoxy) is 1. The number of amides is 4. The van der Waals surface area contributed by atoms with Crippen LogP contribution in [0.3, 0.4) is 0 Å². The van der Waals surface area contributed by atoms with Crippen molar-refractivity contribution in [3.05, 3.63) is 69.5 Å². The van der Waals surface area contributed by atoms with Gasteiger partial charge < -0.3 is 15.4 Å². The molecule has 1 atom stereocenters. The molecule has 0 radical (unpaired) electrons. The third-order valence-corrected chi connectivity index (χ3v) is 4.50. The lowest BCUT2D eigenvalue weighted by molar-refractivity contribution is -0.387. The fourth-order valence-corrected chi connectivity index (χ4v) is 2.85. The standard InChI is InChI=1S/C20H17FN4O7/c1-11(18(27)23-14-5-6-15(21)16(8-14)25(30)31)32-19(28)13-4-2-3-12(7-13)10-24-17(26)9-22-20(24)29/h2-8,11H,9-10H2,1H3,(H,22,29)(H,23,27). The Morgan fingerprint density at radius 2 is 2.03 bits per heavy atom. The second-order valence-electron chi connectivity index (χ2n) is 6.80. The second-order valence-corrected chi connectivity index (χ2v) is 6.80. The van der Waals surface area contributed by atoms with E-state index < -0.39 is 46.3 Å². The van der Waals surface area contributed by atoms with E-state index in [1.165, 1.54) is 25.1 Å². The van der Waals surface area contributed by atoms with Crippen molar-refractivity contribution in [3.63, 3.8) is 0 Å². The maximum atomic E-state index is 13.4. The van der Waals surface area contributed by atoms with Gasteiger partial charge in [-0.05, 0) is 36.8 Å². The van der Waals surface area contributed by atoms with Crippen LogP contribution < -0.4 is 10.6 Å². The lowest BCUT2D eigenvalue weighted by Crippen LogP contribution is -2.31. The molecule has 0 bridgehead atoms. The summed E-state index contributed by atoms with van der Waals surface area (Å²) in [7, 11) is 0. The molecule has 166 valence electrons. The summed E-state index contributed by atoms with van der Waals surface area (Å²) in [5.74, 6) is -3.07. The number of halogens is 1. The first-order chi connectivity index (χ1) is 15.2. The Balaban J connectivity index is 1.63. The summed E-state index contributed by atoms with van der Waals surface area (Å²) in [6, 6.07) is 8.30. The summed E-state index contributed by atoms with van der Waals surface area (Å²) in [5, 5.41) is 15.5. The van der Waals surface area contributed by atoms with Crippen molar-refractivity contribution in [1.82, 2.24) is 10.2 Å². The minimum absolute atomic E-state index is 0.0365. The predicted octanol–water partition coefficient (Wildman–Crippen LogP) is 1.97. The minimum atomic E-state index is -1.28. The maximum absolute atomic E-state index is 13.4. The van der Waals surface area contributed by atoms with Crippen LogP contribution in [-0.2, 0) is 20.9 Å². The molecule has 0 spiro atoms.